The number of amides is 1. The number of nitrogens with zero attached hydrogens (tertiary/aromatic N) is 3. The Labute approximate surface area is 184 Å². The number of sulfonamides is 1. The molecule has 0 unspecified atom stereocenters. The number of hydrogen-bond donors (Lipinski definition) is 0. The summed E-state index contributed by atoms with van der Waals surface area (Å²) in [5, 5.41) is 0. The van der Waals surface area contributed by atoms with Gasteiger partial charge in [0.15, 0.2) is 0 Å². The molecule has 1 aromatic heterocycles. The number of carbonyl (C=O) groups is 1. The second kappa shape index (κ2) is 9.17. The standard InChI is InChI=1S/C19H17F6N3O4S/c20-18(21,22)16-6-7-26-12-15(16)17(29)27-8-1-9-28(11-10-27)33(30,31)14-4-2-13(3-5-14)32-19(23,24)25/h2-7,12H,1,8-11H2. The van der Waals surface area contributed by atoms with Crippen LogP contribution in [0.3, 0.4) is 0 Å². The van der Waals surface area contributed by atoms with Gasteiger partial charge in [0.05, 0.1) is 16.0 Å². The molecule has 14 heteroatoms. The summed E-state index contributed by atoms with van der Waals surface area (Å²) < 4.78 is 107. The normalized spacial score (nSPS) is 16.4. The monoisotopic (exact) mass is 497 g/mol. The molecule has 0 atom stereocenters. The lowest BCUT2D eigenvalue weighted by Crippen LogP contribution is -2.38. The van der Waals surface area contributed by atoms with Crippen LogP contribution in [0.25, 0.3) is 0 Å². The average molecular weight is 497 g/mol. The highest BCUT2D eigenvalue weighted by molar-refractivity contribution is 7.89. The summed E-state index contributed by atoms with van der Waals surface area (Å²) >= 11 is 0. The Morgan fingerprint density at radius 1 is 0.939 bits per heavy atom. The van der Waals surface area contributed by atoms with Gasteiger partial charge in [0.2, 0.25) is 10.0 Å². The first-order valence-corrected chi connectivity index (χ1v) is 10.9. The zero-order valence-electron chi connectivity index (χ0n) is 16.7. The number of halogens is 6. The van der Waals surface area contributed by atoms with Crippen LogP contribution < -0.4 is 4.74 Å². The van der Waals surface area contributed by atoms with Gasteiger partial charge in [-0.05, 0) is 36.8 Å². The van der Waals surface area contributed by atoms with Crippen molar-refractivity contribution in [3.63, 3.8) is 0 Å². The van der Waals surface area contributed by atoms with Crippen LogP contribution in [0.4, 0.5) is 26.3 Å². The van der Waals surface area contributed by atoms with Crippen molar-refractivity contribution in [2.45, 2.75) is 23.9 Å². The van der Waals surface area contributed by atoms with E-state index in [1.807, 2.05) is 0 Å². The van der Waals surface area contributed by atoms with E-state index in [-0.39, 0.29) is 37.5 Å². The largest absolute Gasteiger partial charge is 0.573 e. The van der Waals surface area contributed by atoms with E-state index in [0.717, 1.165) is 45.9 Å². The minimum absolute atomic E-state index is 0.00933. The number of benzene rings is 1. The molecule has 0 radical (unpaired) electrons. The van der Waals surface area contributed by atoms with Gasteiger partial charge in [-0.2, -0.15) is 17.5 Å². The molecule has 1 amide bonds. The summed E-state index contributed by atoms with van der Waals surface area (Å²) in [6, 6.07) is 4.31. The SMILES string of the molecule is O=C(c1cnccc1C(F)(F)F)N1CCCN(S(=O)(=O)c2ccc(OC(F)(F)F)cc2)CC1. The van der Waals surface area contributed by atoms with Crippen molar-refractivity contribution in [2.24, 2.45) is 0 Å². The van der Waals surface area contributed by atoms with Crippen molar-refractivity contribution >= 4 is 15.9 Å². The highest BCUT2D eigenvalue weighted by atomic mass is 32.2. The summed E-state index contributed by atoms with van der Waals surface area (Å²) in [6.45, 7) is -0.419. The van der Waals surface area contributed by atoms with Gasteiger partial charge in [-0.3, -0.25) is 9.78 Å². The van der Waals surface area contributed by atoms with E-state index in [2.05, 4.69) is 9.72 Å². The summed E-state index contributed by atoms with van der Waals surface area (Å²) in [4.78, 5) is 17.1. The molecule has 0 aliphatic carbocycles. The molecule has 2 heterocycles. The predicted octanol–water partition coefficient (Wildman–Crippen LogP) is 3.54. The van der Waals surface area contributed by atoms with Gasteiger partial charge in [0, 0.05) is 38.6 Å². The summed E-state index contributed by atoms with van der Waals surface area (Å²) in [7, 11) is -4.12. The van der Waals surface area contributed by atoms with E-state index >= 15 is 0 Å². The lowest BCUT2D eigenvalue weighted by atomic mass is 10.1. The Bertz CT molecular complexity index is 1100. The topological polar surface area (TPSA) is 79.8 Å². The highest BCUT2D eigenvalue weighted by Gasteiger charge is 2.37. The Morgan fingerprint density at radius 3 is 2.21 bits per heavy atom. The summed E-state index contributed by atoms with van der Waals surface area (Å²) in [5.74, 6) is -1.52. The van der Waals surface area contributed by atoms with Crippen LogP contribution >= 0.6 is 0 Å². The predicted molar refractivity (Wildman–Crippen MR) is 102 cm³/mol. The van der Waals surface area contributed by atoms with Gasteiger partial charge in [0.1, 0.15) is 5.75 Å². The zero-order valence-corrected chi connectivity index (χ0v) is 17.5. The molecule has 0 N–H and O–H groups in total. The van der Waals surface area contributed by atoms with Crippen LogP contribution in [0.15, 0.2) is 47.6 Å². The smallest absolute Gasteiger partial charge is 0.406 e. The molecule has 1 fully saturated rings. The Kier molecular flexibility index (Phi) is 6.88. The van der Waals surface area contributed by atoms with Crippen molar-refractivity contribution in [3.8, 4) is 5.75 Å². The van der Waals surface area contributed by atoms with Crippen LogP contribution in [-0.4, -0.2) is 61.1 Å². The molecule has 0 bridgehead atoms. The molecule has 1 aromatic carbocycles. The van der Waals surface area contributed by atoms with Gasteiger partial charge in [-0.15, -0.1) is 13.2 Å². The fourth-order valence-corrected chi connectivity index (χ4v) is 4.75. The fraction of sp³-hybridized carbons (Fsp3) is 0.368. The minimum atomic E-state index is -4.93. The number of ether oxygens (including phenoxy) is 1. The Balaban J connectivity index is 1.74. The maximum atomic E-state index is 13.2. The number of alkyl halides is 6. The van der Waals surface area contributed by atoms with E-state index in [1.165, 1.54) is 0 Å². The van der Waals surface area contributed by atoms with Crippen LogP contribution in [0.5, 0.6) is 5.75 Å². The number of pyridine rings is 1. The summed E-state index contributed by atoms with van der Waals surface area (Å²) in [6.07, 6.45) is -7.82. The second-order valence-electron chi connectivity index (χ2n) is 6.99. The second-order valence-corrected chi connectivity index (χ2v) is 8.93. The van der Waals surface area contributed by atoms with E-state index in [4.69, 9.17) is 0 Å². The lowest BCUT2D eigenvalue weighted by molar-refractivity contribution is -0.274. The molecule has 33 heavy (non-hydrogen) atoms. The van der Waals surface area contributed by atoms with Crippen LogP contribution in [-0.2, 0) is 16.2 Å². The van der Waals surface area contributed by atoms with Crippen LogP contribution in [0.1, 0.15) is 22.3 Å². The van der Waals surface area contributed by atoms with Gasteiger partial charge < -0.3 is 9.64 Å². The molecule has 0 saturated carbocycles. The first-order valence-electron chi connectivity index (χ1n) is 9.45. The number of rotatable bonds is 4. The summed E-state index contributed by atoms with van der Waals surface area (Å²) in [5.41, 5.74) is -1.78. The van der Waals surface area contributed by atoms with Crippen LogP contribution in [0.2, 0.25) is 0 Å². The van der Waals surface area contributed by atoms with E-state index in [9.17, 15) is 39.6 Å². The fourth-order valence-electron chi connectivity index (χ4n) is 3.28. The molecule has 180 valence electrons. The molecule has 0 spiro atoms. The molecule has 3 rings (SSSR count). The molecule has 1 saturated heterocycles. The number of aromatic nitrogens is 1. The maximum absolute atomic E-state index is 13.2. The third-order valence-corrected chi connectivity index (χ3v) is 6.71. The quantitative estimate of drug-likeness (QED) is 0.604. The third-order valence-electron chi connectivity index (χ3n) is 4.79. The first kappa shape index (κ1) is 24.8. The van der Waals surface area contributed by atoms with Crippen molar-refractivity contribution in [2.75, 3.05) is 26.2 Å². The van der Waals surface area contributed by atoms with Gasteiger partial charge in [-0.25, -0.2) is 8.42 Å². The molecule has 2 aromatic rings. The average Bonchev–Trinajstić information content (AvgIpc) is 2.99. The molecular weight excluding hydrogens is 480 g/mol. The minimum Gasteiger partial charge on any atom is -0.406 e. The zero-order chi connectivity index (χ0) is 24.4. The lowest BCUT2D eigenvalue weighted by Gasteiger charge is -2.23. The van der Waals surface area contributed by atoms with E-state index in [0.29, 0.717) is 6.07 Å². The first-order chi connectivity index (χ1) is 15.3. The highest BCUT2D eigenvalue weighted by Crippen LogP contribution is 2.32. The van der Waals surface area contributed by atoms with E-state index in [1.54, 1.807) is 0 Å². The van der Waals surface area contributed by atoms with Gasteiger partial charge in [-0.1, -0.05) is 0 Å². The van der Waals surface area contributed by atoms with Gasteiger partial charge in [0.25, 0.3) is 5.91 Å². The van der Waals surface area contributed by atoms with Crippen molar-refractivity contribution in [1.82, 2.24) is 14.2 Å². The molecule has 1 aliphatic heterocycles. The van der Waals surface area contributed by atoms with Crippen molar-refractivity contribution < 1.29 is 44.3 Å². The van der Waals surface area contributed by atoms with Crippen molar-refractivity contribution in [3.05, 3.63) is 53.9 Å². The number of carbonyl (C=O) groups excluding carboxylic acids is 1. The maximum Gasteiger partial charge on any atom is 0.573 e. The molecular formula is C19H17F6N3O4S. The molecule has 7 nitrogen and oxygen atoms in total. The van der Waals surface area contributed by atoms with E-state index < -0.39 is 45.3 Å². The third kappa shape index (κ3) is 5.93. The Hall–Kier alpha value is -2.87. The Morgan fingerprint density at radius 2 is 1.61 bits per heavy atom. The van der Waals surface area contributed by atoms with Crippen molar-refractivity contribution in [1.29, 1.82) is 0 Å². The molecule has 1 aliphatic rings. The number of hydrogen-bond acceptors (Lipinski definition) is 5. The van der Waals surface area contributed by atoms with Crippen LogP contribution in [0, 0.1) is 0 Å². The van der Waals surface area contributed by atoms with Gasteiger partial charge >= 0.3 is 12.5 Å².